The van der Waals surface area contributed by atoms with Crippen LogP contribution >= 0.6 is 23.2 Å². The maximum Gasteiger partial charge on any atom is 0.274 e. The maximum absolute atomic E-state index is 12.6. The van der Waals surface area contributed by atoms with Crippen LogP contribution in [0.1, 0.15) is 16.2 Å². The van der Waals surface area contributed by atoms with Crippen LogP contribution < -0.4 is 10.2 Å². The minimum absolute atomic E-state index is 0.228. The highest BCUT2D eigenvalue weighted by Crippen LogP contribution is 2.30. The molecule has 1 amide bonds. The molecular formula is C19H16Cl2N4O. The molecule has 7 heteroatoms. The van der Waals surface area contributed by atoms with E-state index in [4.69, 9.17) is 23.2 Å². The number of aromatic nitrogens is 2. The Morgan fingerprint density at radius 1 is 1.00 bits per heavy atom. The van der Waals surface area contributed by atoms with Gasteiger partial charge in [-0.1, -0.05) is 47.5 Å². The van der Waals surface area contributed by atoms with Crippen LogP contribution in [0.4, 0.5) is 17.3 Å². The molecule has 2 aromatic carbocycles. The highest BCUT2D eigenvalue weighted by atomic mass is 35.5. The highest BCUT2D eigenvalue weighted by molar-refractivity contribution is 6.40. The van der Waals surface area contributed by atoms with Crippen molar-refractivity contribution < 1.29 is 4.79 Å². The fourth-order valence-corrected chi connectivity index (χ4v) is 2.87. The lowest BCUT2D eigenvalue weighted by Gasteiger charge is -2.18. The topological polar surface area (TPSA) is 58.1 Å². The van der Waals surface area contributed by atoms with E-state index in [0.717, 1.165) is 5.69 Å². The molecule has 0 atom stereocenters. The second-order valence-corrected chi connectivity index (χ2v) is 6.45. The first-order valence-electron chi connectivity index (χ1n) is 7.85. The van der Waals surface area contributed by atoms with E-state index < -0.39 is 5.91 Å². The highest BCUT2D eigenvalue weighted by Gasteiger charge is 2.16. The number of benzene rings is 2. The average molecular weight is 387 g/mol. The largest absolute Gasteiger partial charge is 0.318 e. The predicted molar refractivity (Wildman–Crippen MR) is 106 cm³/mol. The number of anilines is 3. The van der Waals surface area contributed by atoms with Gasteiger partial charge in [-0.15, -0.1) is 0 Å². The molecule has 0 unspecified atom stereocenters. The Morgan fingerprint density at radius 2 is 1.65 bits per heavy atom. The minimum atomic E-state index is -0.409. The number of carbonyl (C=O) groups excluding carboxylic acids is 1. The van der Waals surface area contributed by atoms with Gasteiger partial charge in [-0.2, -0.15) is 0 Å². The molecule has 0 bridgehead atoms. The van der Waals surface area contributed by atoms with E-state index in [0.29, 0.717) is 27.4 Å². The number of aryl methyl sites for hydroxylation is 1. The Hall–Kier alpha value is -2.63. The number of hydrogen-bond donors (Lipinski definition) is 1. The summed E-state index contributed by atoms with van der Waals surface area (Å²) in [5.74, 6) is 0.0137. The molecule has 3 rings (SSSR count). The summed E-state index contributed by atoms with van der Waals surface area (Å²) in [7, 11) is 1.84. The summed E-state index contributed by atoms with van der Waals surface area (Å²) < 4.78 is 0. The molecule has 0 radical (unpaired) electrons. The number of hydrogen-bond acceptors (Lipinski definition) is 4. The first kappa shape index (κ1) is 18.2. The maximum atomic E-state index is 12.6. The van der Waals surface area contributed by atoms with Crippen molar-refractivity contribution >= 4 is 46.4 Å². The molecule has 0 saturated carbocycles. The lowest BCUT2D eigenvalue weighted by molar-refractivity contribution is 0.102. The lowest BCUT2D eigenvalue weighted by Crippen LogP contribution is -2.19. The summed E-state index contributed by atoms with van der Waals surface area (Å²) in [5.41, 5.74) is 2.17. The molecule has 26 heavy (non-hydrogen) atoms. The van der Waals surface area contributed by atoms with Crippen LogP contribution in [0, 0.1) is 6.92 Å². The van der Waals surface area contributed by atoms with Crippen LogP contribution in [-0.4, -0.2) is 22.9 Å². The second kappa shape index (κ2) is 7.72. The van der Waals surface area contributed by atoms with Crippen LogP contribution in [0.3, 0.4) is 0 Å². The van der Waals surface area contributed by atoms with Crippen molar-refractivity contribution in [3.05, 3.63) is 76.0 Å². The molecule has 5 nitrogen and oxygen atoms in total. The number of para-hydroxylation sites is 2. The monoisotopic (exact) mass is 386 g/mol. The second-order valence-electron chi connectivity index (χ2n) is 5.64. The third kappa shape index (κ3) is 3.95. The van der Waals surface area contributed by atoms with E-state index in [1.165, 1.54) is 0 Å². The van der Waals surface area contributed by atoms with Crippen LogP contribution in [0.25, 0.3) is 0 Å². The molecule has 132 valence electrons. The molecule has 1 N–H and O–H groups in total. The molecule has 0 fully saturated rings. The van der Waals surface area contributed by atoms with Crippen molar-refractivity contribution in [3.63, 3.8) is 0 Å². The molecule has 0 aliphatic heterocycles. The van der Waals surface area contributed by atoms with Crippen molar-refractivity contribution in [2.45, 2.75) is 6.92 Å². The summed E-state index contributed by atoms with van der Waals surface area (Å²) in [6.07, 6.45) is 0. The van der Waals surface area contributed by atoms with Crippen LogP contribution in [-0.2, 0) is 0 Å². The fraction of sp³-hybridized carbons (Fsp3) is 0.105. The Morgan fingerprint density at radius 3 is 2.31 bits per heavy atom. The van der Waals surface area contributed by atoms with E-state index in [9.17, 15) is 4.79 Å². The molecule has 0 spiro atoms. The Balaban J connectivity index is 1.91. The molecule has 3 aromatic rings. The van der Waals surface area contributed by atoms with E-state index in [1.807, 2.05) is 49.2 Å². The number of amides is 1. The number of halogens is 2. The number of carbonyl (C=O) groups is 1. The van der Waals surface area contributed by atoms with Gasteiger partial charge in [-0.3, -0.25) is 4.79 Å². The normalized spacial score (nSPS) is 10.5. The Bertz CT molecular complexity index is 927. The zero-order chi connectivity index (χ0) is 18.7. The average Bonchev–Trinajstić information content (AvgIpc) is 2.64. The van der Waals surface area contributed by atoms with Gasteiger partial charge in [0.05, 0.1) is 15.7 Å². The van der Waals surface area contributed by atoms with Gasteiger partial charge in [-0.05, 0) is 37.3 Å². The van der Waals surface area contributed by atoms with Gasteiger partial charge >= 0.3 is 0 Å². The third-order valence-electron chi connectivity index (χ3n) is 3.72. The van der Waals surface area contributed by atoms with Gasteiger partial charge < -0.3 is 10.2 Å². The van der Waals surface area contributed by atoms with Crippen molar-refractivity contribution in [1.82, 2.24) is 9.97 Å². The van der Waals surface area contributed by atoms with Crippen LogP contribution in [0.2, 0.25) is 10.0 Å². The summed E-state index contributed by atoms with van der Waals surface area (Å²) >= 11 is 12.2. The quantitative estimate of drug-likeness (QED) is 0.676. The van der Waals surface area contributed by atoms with E-state index in [2.05, 4.69) is 15.3 Å². The summed E-state index contributed by atoms with van der Waals surface area (Å²) in [6.45, 7) is 1.81. The standard InChI is InChI=1S/C19H16Cl2N4O/c1-12-11-16(18(26)24-17-14(20)9-6-10-15(17)21)23-19(22-12)25(2)13-7-4-3-5-8-13/h3-11H,1-2H3,(H,24,26). The molecule has 1 aromatic heterocycles. The van der Waals surface area contributed by atoms with Gasteiger partial charge in [-0.25, -0.2) is 9.97 Å². The van der Waals surface area contributed by atoms with Gasteiger partial charge in [0, 0.05) is 18.4 Å². The van der Waals surface area contributed by atoms with Crippen LogP contribution in [0.5, 0.6) is 0 Å². The van der Waals surface area contributed by atoms with Gasteiger partial charge in [0.2, 0.25) is 5.95 Å². The van der Waals surface area contributed by atoms with E-state index >= 15 is 0 Å². The third-order valence-corrected chi connectivity index (χ3v) is 4.35. The molecular weight excluding hydrogens is 371 g/mol. The van der Waals surface area contributed by atoms with Crippen molar-refractivity contribution in [2.75, 3.05) is 17.3 Å². The SMILES string of the molecule is Cc1cc(C(=O)Nc2c(Cl)cccc2Cl)nc(N(C)c2ccccc2)n1. The minimum Gasteiger partial charge on any atom is -0.318 e. The first-order chi connectivity index (χ1) is 12.5. The summed E-state index contributed by atoms with van der Waals surface area (Å²) in [5, 5.41) is 3.44. The Labute approximate surface area is 161 Å². The predicted octanol–water partition coefficient (Wildman–Crippen LogP) is 5.11. The van der Waals surface area contributed by atoms with Crippen molar-refractivity contribution in [3.8, 4) is 0 Å². The fourth-order valence-electron chi connectivity index (χ4n) is 2.38. The number of nitrogens with zero attached hydrogens (tertiary/aromatic N) is 3. The van der Waals surface area contributed by atoms with Gasteiger partial charge in [0.1, 0.15) is 5.69 Å². The van der Waals surface area contributed by atoms with E-state index in [-0.39, 0.29) is 5.69 Å². The molecule has 0 aliphatic carbocycles. The number of rotatable bonds is 4. The zero-order valence-corrected chi connectivity index (χ0v) is 15.7. The van der Waals surface area contributed by atoms with Gasteiger partial charge in [0.15, 0.2) is 0 Å². The van der Waals surface area contributed by atoms with E-state index in [1.54, 1.807) is 24.3 Å². The molecule has 1 heterocycles. The van der Waals surface area contributed by atoms with Gasteiger partial charge in [0.25, 0.3) is 5.91 Å². The van der Waals surface area contributed by atoms with Crippen LogP contribution in [0.15, 0.2) is 54.6 Å². The van der Waals surface area contributed by atoms with Crippen molar-refractivity contribution in [1.29, 1.82) is 0 Å². The molecule has 0 saturated heterocycles. The zero-order valence-electron chi connectivity index (χ0n) is 14.2. The molecule has 0 aliphatic rings. The smallest absolute Gasteiger partial charge is 0.274 e. The Kier molecular flexibility index (Phi) is 5.40. The first-order valence-corrected chi connectivity index (χ1v) is 8.61. The lowest BCUT2D eigenvalue weighted by atomic mass is 10.2. The van der Waals surface area contributed by atoms with Crippen molar-refractivity contribution in [2.24, 2.45) is 0 Å². The summed E-state index contributed by atoms with van der Waals surface area (Å²) in [6, 6.07) is 16.3. The summed E-state index contributed by atoms with van der Waals surface area (Å²) in [4.78, 5) is 23.3. The number of nitrogens with one attached hydrogen (secondary N) is 1.